The van der Waals surface area contributed by atoms with E-state index >= 15 is 0 Å². The van der Waals surface area contributed by atoms with Crippen LogP contribution in [0.4, 0.5) is 4.39 Å². The number of aliphatic carboxylic acids is 1. The number of aromatic nitrogens is 1. The summed E-state index contributed by atoms with van der Waals surface area (Å²) in [6, 6.07) is 4.34. The lowest BCUT2D eigenvalue weighted by Gasteiger charge is -2.20. The zero-order valence-corrected chi connectivity index (χ0v) is 9.97. The Morgan fingerprint density at radius 2 is 2.06 bits per heavy atom. The second-order valence-electron chi connectivity index (χ2n) is 4.75. The predicted molar refractivity (Wildman–Crippen MR) is 63.7 cm³/mol. The molecule has 3 nitrogen and oxygen atoms in total. The first-order valence-corrected chi connectivity index (χ1v) is 5.35. The number of fused-ring (bicyclic) bond motifs is 1. The number of nitrogens with one attached hydrogen (secondary N) is 1. The Labute approximate surface area is 98.3 Å². The minimum atomic E-state index is -1.000. The van der Waals surface area contributed by atoms with Crippen LogP contribution in [0.5, 0.6) is 0 Å². The summed E-state index contributed by atoms with van der Waals surface area (Å²) in [5.74, 6) is -1.23. The number of H-pyrrole nitrogens is 1. The van der Waals surface area contributed by atoms with Gasteiger partial charge in [-0.1, -0.05) is 0 Å². The highest BCUT2D eigenvalue weighted by atomic mass is 19.1. The summed E-state index contributed by atoms with van der Waals surface area (Å²) in [7, 11) is 0. The largest absolute Gasteiger partial charge is 0.481 e. The van der Waals surface area contributed by atoms with Crippen LogP contribution in [0.1, 0.15) is 25.1 Å². The number of hydrogen-bond acceptors (Lipinski definition) is 1. The van der Waals surface area contributed by atoms with Crippen molar-refractivity contribution >= 4 is 16.9 Å². The van der Waals surface area contributed by atoms with Crippen molar-refractivity contribution in [2.75, 3.05) is 0 Å². The quantitative estimate of drug-likeness (QED) is 0.840. The fraction of sp³-hybridized carbons (Fsp3) is 0.308. The molecule has 0 radical (unpaired) electrons. The van der Waals surface area contributed by atoms with Crippen LogP contribution in [0, 0.1) is 12.7 Å². The zero-order chi connectivity index (χ0) is 12.8. The molecule has 0 unspecified atom stereocenters. The summed E-state index contributed by atoms with van der Waals surface area (Å²) in [5, 5.41) is 10.0. The molecule has 1 aromatic heterocycles. The van der Waals surface area contributed by atoms with Gasteiger partial charge < -0.3 is 10.1 Å². The third-order valence-corrected chi connectivity index (χ3v) is 3.11. The van der Waals surface area contributed by atoms with Crippen LogP contribution in [0.25, 0.3) is 10.9 Å². The zero-order valence-electron chi connectivity index (χ0n) is 9.97. The molecular weight excluding hydrogens is 221 g/mol. The molecule has 2 aromatic rings. The molecule has 0 fully saturated rings. The van der Waals surface area contributed by atoms with Gasteiger partial charge in [0.05, 0.1) is 5.41 Å². The van der Waals surface area contributed by atoms with Crippen molar-refractivity contribution in [3.63, 3.8) is 0 Å². The van der Waals surface area contributed by atoms with Gasteiger partial charge in [0.15, 0.2) is 0 Å². The van der Waals surface area contributed by atoms with E-state index in [1.165, 1.54) is 12.1 Å². The maximum Gasteiger partial charge on any atom is 0.313 e. The Morgan fingerprint density at radius 3 is 2.65 bits per heavy atom. The van der Waals surface area contributed by atoms with Crippen LogP contribution in [0.15, 0.2) is 18.2 Å². The van der Waals surface area contributed by atoms with E-state index in [0.717, 1.165) is 11.1 Å². The van der Waals surface area contributed by atoms with Crippen LogP contribution in [-0.4, -0.2) is 16.1 Å². The van der Waals surface area contributed by atoms with Crippen molar-refractivity contribution in [2.24, 2.45) is 0 Å². The third-order valence-electron chi connectivity index (χ3n) is 3.11. The van der Waals surface area contributed by atoms with Crippen molar-refractivity contribution in [3.05, 3.63) is 35.3 Å². The highest BCUT2D eigenvalue weighted by molar-refractivity contribution is 5.92. The Balaban J connectivity index is 2.78. The lowest BCUT2D eigenvalue weighted by molar-refractivity contribution is -0.142. The molecule has 1 heterocycles. The number of carboxylic acids is 1. The number of carbonyl (C=O) groups is 1. The maximum atomic E-state index is 13.1. The van der Waals surface area contributed by atoms with E-state index in [1.807, 2.05) is 0 Å². The fourth-order valence-electron chi connectivity index (χ4n) is 2.22. The molecular formula is C13H14FNO2. The standard InChI is InChI=1S/C13H14FNO2/c1-7-11(13(2,3)12(16)17)9-5-4-8(14)6-10(9)15-7/h4-6,15H,1-3H3,(H,16,17). The Kier molecular flexibility index (Phi) is 2.45. The second kappa shape index (κ2) is 3.58. The van der Waals surface area contributed by atoms with E-state index < -0.39 is 11.4 Å². The first kappa shape index (κ1) is 11.6. The number of aromatic amines is 1. The van der Waals surface area contributed by atoms with Crippen molar-refractivity contribution < 1.29 is 14.3 Å². The lowest BCUT2D eigenvalue weighted by atomic mass is 9.83. The summed E-state index contributed by atoms with van der Waals surface area (Å²) < 4.78 is 13.1. The van der Waals surface area contributed by atoms with Gasteiger partial charge in [-0.25, -0.2) is 4.39 Å². The van der Waals surface area contributed by atoms with E-state index in [-0.39, 0.29) is 5.82 Å². The molecule has 17 heavy (non-hydrogen) atoms. The molecule has 0 aliphatic rings. The average molecular weight is 235 g/mol. The summed E-state index contributed by atoms with van der Waals surface area (Å²) in [6.45, 7) is 5.10. The van der Waals surface area contributed by atoms with Gasteiger partial charge in [0, 0.05) is 16.6 Å². The number of hydrogen-bond donors (Lipinski definition) is 2. The molecule has 0 aliphatic heterocycles. The SMILES string of the molecule is Cc1[nH]c2cc(F)ccc2c1C(C)(C)C(=O)O. The molecule has 90 valence electrons. The summed E-state index contributed by atoms with van der Waals surface area (Å²) >= 11 is 0. The average Bonchev–Trinajstić information content (AvgIpc) is 2.53. The van der Waals surface area contributed by atoms with Gasteiger partial charge in [0.1, 0.15) is 5.82 Å². The normalized spacial score (nSPS) is 12.0. The van der Waals surface area contributed by atoms with Crippen LogP contribution in [0.2, 0.25) is 0 Å². The van der Waals surface area contributed by atoms with E-state index in [1.54, 1.807) is 26.8 Å². The smallest absolute Gasteiger partial charge is 0.313 e. The van der Waals surface area contributed by atoms with Crippen LogP contribution >= 0.6 is 0 Å². The van der Waals surface area contributed by atoms with Crippen LogP contribution < -0.4 is 0 Å². The lowest BCUT2D eigenvalue weighted by Crippen LogP contribution is -2.29. The number of carboxylic acid groups (broad SMARTS) is 1. The van der Waals surface area contributed by atoms with Crippen molar-refractivity contribution in [3.8, 4) is 0 Å². The first-order chi connectivity index (χ1) is 7.84. The number of benzene rings is 1. The number of halogens is 1. The maximum absolute atomic E-state index is 13.1. The summed E-state index contributed by atoms with van der Waals surface area (Å²) in [5.41, 5.74) is 1.10. The molecule has 0 spiro atoms. The Morgan fingerprint density at radius 1 is 1.41 bits per heavy atom. The van der Waals surface area contributed by atoms with Gasteiger partial charge >= 0.3 is 5.97 Å². The van der Waals surface area contributed by atoms with Gasteiger partial charge in [0.25, 0.3) is 0 Å². The highest BCUT2D eigenvalue weighted by Gasteiger charge is 2.33. The Hall–Kier alpha value is -1.84. The minimum absolute atomic E-state index is 0.335. The molecule has 0 saturated heterocycles. The number of rotatable bonds is 2. The van der Waals surface area contributed by atoms with Gasteiger partial charge in [-0.2, -0.15) is 0 Å². The van der Waals surface area contributed by atoms with E-state index in [4.69, 9.17) is 0 Å². The molecule has 4 heteroatoms. The minimum Gasteiger partial charge on any atom is -0.481 e. The molecule has 2 N–H and O–H groups in total. The predicted octanol–water partition coefficient (Wildman–Crippen LogP) is 2.98. The topological polar surface area (TPSA) is 53.1 Å². The first-order valence-electron chi connectivity index (χ1n) is 5.35. The molecule has 0 saturated carbocycles. The number of aryl methyl sites for hydroxylation is 1. The summed E-state index contributed by atoms with van der Waals surface area (Å²) in [4.78, 5) is 14.3. The van der Waals surface area contributed by atoms with E-state index in [0.29, 0.717) is 11.1 Å². The van der Waals surface area contributed by atoms with E-state index in [2.05, 4.69) is 4.98 Å². The third kappa shape index (κ3) is 1.69. The van der Waals surface area contributed by atoms with Crippen molar-refractivity contribution in [1.82, 2.24) is 4.98 Å². The van der Waals surface area contributed by atoms with Crippen LogP contribution in [0.3, 0.4) is 0 Å². The van der Waals surface area contributed by atoms with Gasteiger partial charge in [-0.3, -0.25) is 4.79 Å². The molecule has 0 atom stereocenters. The van der Waals surface area contributed by atoms with Crippen LogP contribution in [-0.2, 0) is 10.2 Å². The highest BCUT2D eigenvalue weighted by Crippen LogP contribution is 2.33. The van der Waals surface area contributed by atoms with Crippen molar-refractivity contribution in [1.29, 1.82) is 0 Å². The monoisotopic (exact) mass is 235 g/mol. The van der Waals surface area contributed by atoms with Crippen molar-refractivity contribution in [2.45, 2.75) is 26.2 Å². The molecule has 0 aliphatic carbocycles. The molecule has 2 rings (SSSR count). The Bertz CT molecular complexity index is 599. The van der Waals surface area contributed by atoms with E-state index in [9.17, 15) is 14.3 Å². The molecule has 1 aromatic carbocycles. The second-order valence-corrected chi connectivity index (χ2v) is 4.75. The molecule has 0 bridgehead atoms. The summed E-state index contributed by atoms with van der Waals surface area (Å²) in [6.07, 6.45) is 0. The van der Waals surface area contributed by atoms with Gasteiger partial charge in [-0.05, 0) is 44.5 Å². The van der Waals surface area contributed by atoms with Gasteiger partial charge in [0.2, 0.25) is 0 Å². The molecule has 0 amide bonds. The van der Waals surface area contributed by atoms with Gasteiger partial charge in [-0.15, -0.1) is 0 Å². The fourth-order valence-corrected chi connectivity index (χ4v) is 2.22.